The van der Waals surface area contributed by atoms with E-state index in [2.05, 4.69) is 6.92 Å². The van der Waals surface area contributed by atoms with E-state index in [1.54, 1.807) is 19.3 Å². The Hall–Kier alpha value is -2.58. The van der Waals surface area contributed by atoms with E-state index in [-0.39, 0.29) is 5.91 Å². The molecule has 0 aliphatic carbocycles. The number of ether oxygens (including phenoxy) is 3. The summed E-state index contributed by atoms with van der Waals surface area (Å²) in [6.07, 6.45) is 10.2. The van der Waals surface area contributed by atoms with Gasteiger partial charge in [0.2, 0.25) is 5.91 Å². The maximum atomic E-state index is 12.2. The summed E-state index contributed by atoms with van der Waals surface area (Å²) in [5, 5.41) is 10.6. The van der Waals surface area contributed by atoms with Crippen molar-refractivity contribution in [1.29, 1.82) is 0 Å². The molecule has 1 saturated heterocycles. The molecular weight excluding hydrogens is 436 g/mol. The Labute approximate surface area is 203 Å². The molecule has 0 saturated carbocycles. The van der Waals surface area contributed by atoms with Gasteiger partial charge in [0.1, 0.15) is 0 Å². The van der Waals surface area contributed by atoms with Gasteiger partial charge in [-0.15, -0.1) is 0 Å². The highest BCUT2D eigenvalue weighted by Crippen LogP contribution is 2.29. The molecule has 0 radical (unpaired) electrons. The van der Waals surface area contributed by atoms with Gasteiger partial charge in [-0.05, 0) is 49.5 Å². The lowest BCUT2D eigenvalue weighted by Crippen LogP contribution is -2.40. The van der Waals surface area contributed by atoms with Crippen LogP contribution < -0.4 is 9.47 Å². The summed E-state index contributed by atoms with van der Waals surface area (Å²) >= 11 is 0. The highest BCUT2D eigenvalue weighted by Gasteiger charge is 2.16. The first-order chi connectivity index (χ1) is 16.5. The SMILES string of the molecule is CCCCCCN(O)C(=O)/C=C/c1ccc(OCCCCCC(=O)N2CCOCC2)c(OC)c1. The maximum absolute atomic E-state index is 12.2. The number of nitrogens with zero attached hydrogens (tertiary/aromatic N) is 2. The quantitative estimate of drug-likeness (QED) is 0.176. The van der Waals surface area contributed by atoms with Gasteiger partial charge in [0.05, 0.1) is 26.9 Å². The molecule has 1 N–H and O–H groups in total. The number of carbonyl (C=O) groups excluding carboxylic acids is 2. The molecule has 190 valence electrons. The minimum atomic E-state index is -0.442. The Kier molecular flexibility index (Phi) is 13.1. The number of amides is 2. The van der Waals surface area contributed by atoms with Crippen molar-refractivity contribution >= 4 is 17.9 Å². The third kappa shape index (κ3) is 10.1. The lowest BCUT2D eigenvalue weighted by atomic mass is 10.1. The van der Waals surface area contributed by atoms with Crippen molar-refractivity contribution in [3.05, 3.63) is 29.8 Å². The first-order valence-electron chi connectivity index (χ1n) is 12.4. The number of carbonyl (C=O) groups is 2. The molecule has 0 aromatic heterocycles. The normalized spacial score (nSPS) is 13.8. The molecule has 8 heteroatoms. The zero-order valence-corrected chi connectivity index (χ0v) is 20.7. The van der Waals surface area contributed by atoms with Crippen LogP contribution in [0.4, 0.5) is 0 Å². The second-order valence-electron chi connectivity index (χ2n) is 8.42. The third-order valence-electron chi connectivity index (χ3n) is 5.74. The second-order valence-corrected chi connectivity index (χ2v) is 8.42. The maximum Gasteiger partial charge on any atom is 0.269 e. The average Bonchev–Trinajstić information content (AvgIpc) is 2.87. The minimum absolute atomic E-state index is 0.203. The largest absolute Gasteiger partial charge is 0.493 e. The number of methoxy groups -OCH3 is 1. The third-order valence-corrected chi connectivity index (χ3v) is 5.74. The van der Waals surface area contributed by atoms with Crippen molar-refractivity contribution in [3.8, 4) is 11.5 Å². The van der Waals surface area contributed by atoms with Crippen LogP contribution in [0.2, 0.25) is 0 Å². The smallest absolute Gasteiger partial charge is 0.269 e. The van der Waals surface area contributed by atoms with Gasteiger partial charge in [-0.3, -0.25) is 14.8 Å². The molecule has 1 fully saturated rings. The first-order valence-corrected chi connectivity index (χ1v) is 12.4. The van der Waals surface area contributed by atoms with Gasteiger partial charge < -0.3 is 19.1 Å². The fraction of sp³-hybridized carbons (Fsp3) is 0.615. The van der Waals surface area contributed by atoms with E-state index in [9.17, 15) is 14.8 Å². The van der Waals surface area contributed by atoms with Crippen molar-refractivity contribution in [2.24, 2.45) is 0 Å². The van der Waals surface area contributed by atoms with Crippen molar-refractivity contribution in [2.75, 3.05) is 46.6 Å². The van der Waals surface area contributed by atoms with Crippen molar-refractivity contribution in [1.82, 2.24) is 9.96 Å². The number of hydroxylamine groups is 2. The summed E-state index contributed by atoms with van der Waals surface area (Å²) in [5.74, 6) is 0.976. The van der Waals surface area contributed by atoms with Gasteiger partial charge >= 0.3 is 0 Å². The number of hydrogen-bond donors (Lipinski definition) is 1. The van der Waals surface area contributed by atoms with Crippen LogP contribution in [0.5, 0.6) is 11.5 Å². The predicted octanol–water partition coefficient (Wildman–Crippen LogP) is 4.30. The highest BCUT2D eigenvalue weighted by molar-refractivity contribution is 5.91. The van der Waals surface area contributed by atoms with Crippen LogP contribution >= 0.6 is 0 Å². The number of unbranched alkanes of at least 4 members (excludes halogenated alkanes) is 5. The molecule has 1 aliphatic heterocycles. The van der Waals surface area contributed by atoms with Crippen LogP contribution in [0.1, 0.15) is 63.9 Å². The van der Waals surface area contributed by atoms with E-state index in [0.717, 1.165) is 55.6 Å². The standard InChI is InChI=1S/C26H40N2O6/c1-3-4-5-8-15-28(31)26(30)14-12-22-11-13-23(24(21-22)32-2)34-18-9-6-7-10-25(29)27-16-19-33-20-17-27/h11-14,21,31H,3-10,15-20H2,1-2H3/b14-12+. The van der Waals surface area contributed by atoms with Crippen LogP contribution in [-0.4, -0.2) is 73.5 Å². The fourth-order valence-corrected chi connectivity index (χ4v) is 3.67. The van der Waals surface area contributed by atoms with Crippen molar-refractivity contribution < 1.29 is 29.0 Å². The Balaban J connectivity index is 1.70. The fourth-order valence-electron chi connectivity index (χ4n) is 3.67. The number of rotatable bonds is 15. The molecule has 2 amide bonds. The number of hydrogen-bond acceptors (Lipinski definition) is 6. The molecule has 0 spiro atoms. The van der Waals surface area contributed by atoms with Crippen LogP contribution in [0, 0.1) is 0 Å². The summed E-state index contributed by atoms with van der Waals surface area (Å²) < 4.78 is 16.6. The van der Waals surface area contributed by atoms with Gasteiger partial charge in [-0.1, -0.05) is 32.3 Å². The minimum Gasteiger partial charge on any atom is -0.493 e. The summed E-state index contributed by atoms with van der Waals surface area (Å²) in [7, 11) is 1.57. The van der Waals surface area contributed by atoms with E-state index >= 15 is 0 Å². The van der Waals surface area contributed by atoms with E-state index in [4.69, 9.17) is 14.2 Å². The summed E-state index contributed by atoms with van der Waals surface area (Å²) in [6.45, 7) is 5.63. The van der Waals surface area contributed by atoms with Crippen molar-refractivity contribution in [3.63, 3.8) is 0 Å². The molecule has 0 bridgehead atoms. The van der Waals surface area contributed by atoms with Gasteiger partial charge in [0.25, 0.3) is 5.91 Å². The van der Waals surface area contributed by atoms with Gasteiger partial charge in [0, 0.05) is 32.1 Å². The molecule has 1 heterocycles. The van der Waals surface area contributed by atoms with Crippen LogP contribution in [0.3, 0.4) is 0 Å². The van der Waals surface area contributed by atoms with Gasteiger partial charge in [0.15, 0.2) is 11.5 Å². The predicted molar refractivity (Wildman–Crippen MR) is 131 cm³/mol. The lowest BCUT2D eigenvalue weighted by molar-refractivity contribution is -0.159. The number of benzene rings is 1. The molecule has 0 atom stereocenters. The lowest BCUT2D eigenvalue weighted by Gasteiger charge is -2.26. The molecule has 1 aliphatic rings. The first kappa shape index (κ1) is 27.7. The molecular formula is C26H40N2O6. The molecule has 34 heavy (non-hydrogen) atoms. The zero-order chi connectivity index (χ0) is 24.6. The Bertz CT molecular complexity index is 777. The second kappa shape index (κ2) is 16.1. The van der Waals surface area contributed by atoms with Crippen LogP contribution in [0.25, 0.3) is 6.08 Å². The highest BCUT2D eigenvalue weighted by atomic mass is 16.5. The molecule has 0 unspecified atom stereocenters. The van der Waals surface area contributed by atoms with Crippen molar-refractivity contribution in [2.45, 2.75) is 58.3 Å². The van der Waals surface area contributed by atoms with Crippen LogP contribution in [0.15, 0.2) is 24.3 Å². The van der Waals surface area contributed by atoms with E-state index < -0.39 is 5.91 Å². The van der Waals surface area contributed by atoms with E-state index in [1.807, 2.05) is 17.0 Å². The van der Waals surface area contributed by atoms with Gasteiger partial charge in [-0.2, -0.15) is 0 Å². The summed E-state index contributed by atoms with van der Waals surface area (Å²) in [5.41, 5.74) is 0.776. The van der Waals surface area contributed by atoms with E-state index in [1.165, 1.54) is 6.08 Å². The van der Waals surface area contributed by atoms with E-state index in [0.29, 0.717) is 57.4 Å². The molecule has 8 nitrogen and oxygen atoms in total. The average molecular weight is 477 g/mol. The monoisotopic (exact) mass is 476 g/mol. The van der Waals surface area contributed by atoms with Crippen LogP contribution in [-0.2, 0) is 14.3 Å². The Morgan fingerprint density at radius 1 is 1.09 bits per heavy atom. The number of morpholine rings is 1. The Morgan fingerprint density at radius 2 is 1.85 bits per heavy atom. The summed E-state index contributed by atoms with van der Waals surface area (Å²) in [4.78, 5) is 26.1. The molecule has 1 aromatic carbocycles. The summed E-state index contributed by atoms with van der Waals surface area (Å²) in [6, 6.07) is 5.45. The zero-order valence-electron chi connectivity index (χ0n) is 20.7. The molecule has 2 rings (SSSR count). The molecule has 1 aromatic rings. The topological polar surface area (TPSA) is 88.5 Å². The van der Waals surface area contributed by atoms with Gasteiger partial charge in [-0.25, -0.2) is 5.06 Å². The Morgan fingerprint density at radius 3 is 2.59 bits per heavy atom.